The van der Waals surface area contributed by atoms with Gasteiger partial charge in [-0.25, -0.2) is 18.4 Å². The van der Waals surface area contributed by atoms with E-state index < -0.39 is 17.2 Å². The molecule has 0 spiro atoms. The van der Waals surface area contributed by atoms with Crippen molar-refractivity contribution < 1.29 is 13.5 Å². The van der Waals surface area contributed by atoms with Crippen molar-refractivity contribution in [2.75, 3.05) is 0 Å². The molecule has 1 fully saturated rings. The van der Waals surface area contributed by atoms with Gasteiger partial charge in [0.1, 0.15) is 29.9 Å². The second-order valence-electron chi connectivity index (χ2n) is 5.46. The van der Waals surface area contributed by atoms with Crippen LogP contribution < -0.4 is 0 Å². The predicted octanol–water partition coefficient (Wildman–Crippen LogP) is 2.90. The zero-order chi connectivity index (χ0) is 15.0. The first-order chi connectivity index (χ1) is 10.1. The topological polar surface area (TPSA) is 39.9 Å². The number of nitrogens with zero attached hydrogens (tertiary/aromatic N) is 3. The van der Waals surface area contributed by atoms with E-state index >= 15 is 0 Å². The number of ether oxygens (including phenoxy) is 1. The van der Waals surface area contributed by atoms with Gasteiger partial charge in [0.25, 0.3) is 0 Å². The summed E-state index contributed by atoms with van der Waals surface area (Å²) in [6.45, 7) is 4.41. The molecule has 2 heterocycles. The summed E-state index contributed by atoms with van der Waals surface area (Å²) in [7, 11) is 0. The lowest BCUT2D eigenvalue weighted by Gasteiger charge is -2.54. The summed E-state index contributed by atoms with van der Waals surface area (Å²) in [6, 6.07) is 3.62. The van der Waals surface area contributed by atoms with Crippen LogP contribution in [0.15, 0.2) is 30.9 Å². The average molecular weight is 293 g/mol. The Morgan fingerprint density at radius 3 is 2.76 bits per heavy atom. The quantitative estimate of drug-likeness (QED) is 0.870. The van der Waals surface area contributed by atoms with Crippen molar-refractivity contribution in [3.05, 3.63) is 48.1 Å². The van der Waals surface area contributed by atoms with E-state index in [-0.39, 0.29) is 12.0 Å². The molecule has 0 radical (unpaired) electrons. The van der Waals surface area contributed by atoms with E-state index in [1.54, 1.807) is 11.0 Å². The van der Waals surface area contributed by atoms with Crippen molar-refractivity contribution in [2.24, 2.45) is 5.92 Å². The molecule has 1 aliphatic heterocycles. The van der Waals surface area contributed by atoms with E-state index in [2.05, 4.69) is 10.1 Å². The minimum Gasteiger partial charge on any atom is -0.364 e. The molecule has 6 heteroatoms. The molecule has 3 rings (SSSR count). The van der Waals surface area contributed by atoms with Crippen LogP contribution in [0.2, 0.25) is 0 Å². The third kappa shape index (κ3) is 2.23. The zero-order valence-electron chi connectivity index (χ0n) is 12.0. The molecule has 1 saturated heterocycles. The lowest BCUT2D eigenvalue weighted by molar-refractivity contribution is -0.272. The van der Waals surface area contributed by atoms with Crippen LogP contribution in [-0.2, 0) is 16.9 Å². The van der Waals surface area contributed by atoms with Gasteiger partial charge in [0.15, 0.2) is 0 Å². The number of benzene rings is 1. The molecule has 1 aliphatic rings. The van der Waals surface area contributed by atoms with E-state index in [0.29, 0.717) is 12.1 Å². The van der Waals surface area contributed by atoms with Crippen LogP contribution in [0, 0.1) is 17.6 Å². The molecule has 4 nitrogen and oxygen atoms in total. The highest BCUT2D eigenvalue weighted by atomic mass is 19.1. The number of hydrogen-bond donors (Lipinski definition) is 0. The summed E-state index contributed by atoms with van der Waals surface area (Å²) in [6.07, 6.45) is 3.91. The minimum absolute atomic E-state index is 0.0676. The van der Waals surface area contributed by atoms with Gasteiger partial charge in [-0.3, -0.25) is 0 Å². The molecule has 0 N–H and O–H groups in total. The molecule has 0 aliphatic carbocycles. The number of halogens is 2. The smallest absolute Gasteiger partial charge is 0.137 e. The van der Waals surface area contributed by atoms with E-state index in [0.717, 1.165) is 12.5 Å². The highest BCUT2D eigenvalue weighted by molar-refractivity contribution is 5.29. The molecule has 2 aromatic rings. The van der Waals surface area contributed by atoms with Gasteiger partial charge < -0.3 is 4.74 Å². The van der Waals surface area contributed by atoms with Crippen LogP contribution >= 0.6 is 0 Å². The molecule has 112 valence electrons. The monoisotopic (exact) mass is 293 g/mol. The first-order valence-electron chi connectivity index (χ1n) is 7.02. The van der Waals surface area contributed by atoms with Gasteiger partial charge in [-0.05, 0) is 12.5 Å². The molecule has 3 unspecified atom stereocenters. The van der Waals surface area contributed by atoms with Crippen LogP contribution in [0.3, 0.4) is 0 Å². The molecule has 1 aromatic heterocycles. The maximum atomic E-state index is 14.2. The maximum Gasteiger partial charge on any atom is 0.137 e. The van der Waals surface area contributed by atoms with Crippen LogP contribution in [0.25, 0.3) is 0 Å². The van der Waals surface area contributed by atoms with Gasteiger partial charge in [0, 0.05) is 17.5 Å². The van der Waals surface area contributed by atoms with E-state index in [4.69, 9.17) is 4.74 Å². The second-order valence-corrected chi connectivity index (χ2v) is 5.46. The summed E-state index contributed by atoms with van der Waals surface area (Å²) in [5.74, 6) is -1.07. The highest BCUT2D eigenvalue weighted by Gasteiger charge is 2.54. The Labute approximate surface area is 121 Å². The third-order valence-corrected chi connectivity index (χ3v) is 4.31. The van der Waals surface area contributed by atoms with E-state index in [1.807, 2.05) is 13.8 Å². The molecule has 1 aromatic carbocycles. The first kappa shape index (κ1) is 14.1. The second kappa shape index (κ2) is 5.18. The molecule has 0 saturated carbocycles. The molecule has 0 amide bonds. The Bertz CT molecular complexity index is 632. The van der Waals surface area contributed by atoms with Crippen LogP contribution in [0.4, 0.5) is 8.78 Å². The van der Waals surface area contributed by atoms with Crippen molar-refractivity contribution in [1.29, 1.82) is 0 Å². The Hall–Kier alpha value is -1.82. The fourth-order valence-electron chi connectivity index (χ4n) is 3.11. The summed E-state index contributed by atoms with van der Waals surface area (Å²) in [4.78, 5) is 3.90. The van der Waals surface area contributed by atoms with Crippen LogP contribution in [-0.4, -0.2) is 20.9 Å². The first-order valence-corrected chi connectivity index (χ1v) is 7.02. The van der Waals surface area contributed by atoms with Crippen molar-refractivity contribution >= 4 is 0 Å². The van der Waals surface area contributed by atoms with E-state index in [9.17, 15) is 8.78 Å². The minimum atomic E-state index is -0.827. The van der Waals surface area contributed by atoms with Gasteiger partial charge in [-0.1, -0.05) is 19.9 Å². The fraction of sp³-hybridized carbons (Fsp3) is 0.467. The Kier molecular flexibility index (Phi) is 3.49. The molecule has 0 bridgehead atoms. The van der Waals surface area contributed by atoms with Crippen LogP contribution in [0.1, 0.15) is 25.8 Å². The Morgan fingerprint density at radius 1 is 1.38 bits per heavy atom. The molecular weight excluding hydrogens is 276 g/mol. The normalized spacial score (nSPS) is 28.4. The van der Waals surface area contributed by atoms with Crippen molar-refractivity contribution in [3.63, 3.8) is 0 Å². The van der Waals surface area contributed by atoms with Crippen molar-refractivity contribution in [1.82, 2.24) is 14.8 Å². The van der Waals surface area contributed by atoms with Crippen molar-refractivity contribution in [2.45, 2.75) is 38.5 Å². The van der Waals surface area contributed by atoms with Gasteiger partial charge in [0.2, 0.25) is 0 Å². The standard InChI is InChI=1S/C15H17F2N3O/c1-3-14-10(2)15(21-14,7-20-9-18-8-19-20)12-5-4-11(16)6-13(12)17/h4-6,8-10,14H,3,7H2,1-2H3. The lowest BCUT2D eigenvalue weighted by Crippen LogP contribution is -2.58. The number of rotatable bonds is 4. The third-order valence-electron chi connectivity index (χ3n) is 4.31. The summed E-state index contributed by atoms with van der Waals surface area (Å²) in [5.41, 5.74) is -0.455. The molecule has 21 heavy (non-hydrogen) atoms. The largest absolute Gasteiger partial charge is 0.364 e. The maximum absolute atomic E-state index is 14.2. The average Bonchev–Trinajstić information content (AvgIpc) is 2.96. The van der Waals surface area contributed by atoms with Gasteiger partial charge in [-0.15, -0.1) is 0 Å². The summed E-state index contributed by atoms with van der Waals surface area (Å²) >= 11 is 0. The number of hydrogen-bond acceptors (Lipinski definition) is 3. The lowest BCUT2D eigenvalue weighted by atomic mass is 9.72. The highest BCUT2D eigenvalue weighted by Crippen LogP contribution is 2.49. The Morgan fingerprint density at radius 2 is 2.19 bits per heavy atom. The van der Waals surface area contributed by atoms with Gasteiger partial charge in [-0.2, -0.15) is 5.10 Å². The van der Waals surface area contributed by atoms with Gasteiger partial charge >= 0.3 is 0 Å². The molecular formula is C15H17F2N3O. The van der Waals surface area contributed by atoms with Crippen LogP contribution in [0.5, 0.6) is 0 Å². The van der Waals surface area contributed by atoms with Crippen molar-refractivity contribution in [3.8, 4) is 0 Å². The van der Waals surface area contributed by atoms with E-state index in [1.165, 1.54) is 18.5 Å². The molecule has 3 atom stereocenters. The zero-order valence-corrected chi connectivity index (χ0v) is 12.0. The SMILES string of the molecule is CCC1OC(Cn2cncn2)(c2ccc(F)cc2F)C1C. The number of aromatic nitrogens is 3. The fourth-order valence-corrected chi connectivity index (χ4v) is 3.11. The summed E-state index contributed by atoms with van der Waals surface area (Å²) in [5, 5.41) is 4.07. The predicted molar refractivity (Wildman–Crippen MR) is 72.4 cm³/mol. The Balaban J connectivity index is 2.01. The van der Waals surface area contributed by atoms with Gasteiger partial charge in [0.05, 0.1) is 12.6 Å². The summed E-state index contributed by atoms with van der Waals surface area (Å²) < 4.78 is 35.0.